The molecule has 20 heavy (non-hydrogen) atoms. The SMILES string of the molecule is OCc1ccc(/C=C/c2ccnc3ccccc23)cc1. The number of aliphatic hydroxyl groups is 1. The summed E-state index contributed by atoms with van der Waals surface area (Å²) in [6.07, 6.45) is 6.00. The molecule has 3 aromatic rings. The molecule has 0 amide bonds. The molecule has 0 aliphatic carbocycles. The van der Waals surface area contributed by atoms with Crippen molar-refractivity contribution in [3.8, 4) is 0 Å². The molecule has 0 fully saturated rings. The summed E-state index contributed by atoms with van der Waals surface area (Å²) in [5.41, 5.74) is 4.20. The number of pyridine rings is 1. The van der Waals surface area contributed by atoms with Crippen LogP contribution in [-0.4, -0.2) is 10.1 Å². The molecule has 2 heteroatoms. The van der Waals surface area contributed by atoms with Crippen LogP contribution >= 0.6 is 0 Å². The lowest BCUT2D eigenvalue weighted by atomic mass is 10.1. The lowest BCUT2D eigenvalue weighted by molar-refractivity contribution is 0.282. The van der Waals surface area contributed by atoms with Gasteiger partial charge in [0.15, 0.2) is 0 Å². The molecule has 1 heterocycles. The van der Waals surface area contributed by atoms with E-state index in [9.17, 15) is 0 Å². The van der Waals surface area contributed by atoms with Gasteiger partial charge in [0.2, 0.25) is 0 Å². The standard InChI is InChI=1S/C18H15NO/c20-13-15-7-5-14(6-8-15)9-10-16-11-12-19-18-4-2-1-3-17(16)18/h1-12,20H,13H2/b10-9+. The van der Waals surface area contributed by atoms with Crippen molar-refractivity contribution in [2.24, 2.45) is 0 Å². The van der Waals surface area contributed by atoms with Gasteiger partial charge >= 0.3 is 0 Å². The number of hydrogen-bond acceptors (Lipinski definition) is 2. The van der Waals surface area contributed by atoms with Crippen molar-refractivity contribution in [1.82, 2.24) is 4.98 Å². The predicted octanol–water partition coefficient (Wildman–Crippen LogP) is 3.90. The number of aromatic nitrogens is 1. The minimum Gasteiger partial charge on any atom is -0.392 e. The van der Waals surface area contributed by atoms with Crippen molar-refractivity contribution in [3.63, 3.8) is 0 Å². The van der Waals surface area contributed by atoms with E-state index >= 15 is 0 Å². The molecule has 0 aliphatic heterocycles. The van der Waals surface area contributed by atoms with E-state index in [-0.39, 0.29) is 6.61 Å². The first-order valence-corrected chi connectivity index (χ1v) is 6.58. The molecule has 0 atom stereocenters. The molecule has 1 aromatic heterocycles. The monoisotopic (exact) mass is 261 g/mol. The molecule has 2 aromatic carbocycles. The second-order valence-corrected chi connectivity index (χ2v) is 4.65. The summed E-state index contributed by atoms with van der Waals surface area (Å²) in [7, 11) is 0. The number of para-hydroxylation sites is 1. The second-order valence-electron chi connectivity index (χ2n) is 4.65. The quantitative estimate of drug-likeness (QED) is 0.775. The van der Waals surface area contributed by atoms with Crippen LogP contribution in [0.4, 0.5) is 0 Å². The van der Waals surface area contributed by atoms with E-state index in [0.29, 0.717) is 0 Å². The first-order chi connectivity index (χ1) is 9.86. The van der Waals surface area contributed by atoms with Crippen molar-refractivity contribution in [3.05, 3.63) is 77.5 Å². The fraction of sp³-hybridized carbons (Fsp3) is 0.0556. The third kappa shape index (κ3) is 2.60. The highest BCUT2D eigenvalue weighted by Crippen LogP contribution is 2.18. The van der Waals surface area contributed by atoms with Crippen LogP contribution in [0.1, 0.15) is 16.7 Å². The molecule has 0 unspecified atom stereocenters. The normalized spacial score (nSPS) is 11.2. The largest absolute Gasteiger partial charge is 0.392 e. The van der Waals surface area contributed by atoms with Gasteiger partial charge in [-0.15, -0.1) is 0 Å². The van der Waals surface area contributed by atoms with E-state index in [1.807, 2.05) is 54.7 Å². The number of aliphatic hydroxyl groups excluding tert-OH is 1. The van der Waals surface area contributed by atoms with Crippen molar-refractivity contribution >= 4 is 23.1 Å². The molecule has 0 saturated heterocycles. The molecular formula is C18H15NO. The van der Waals surface area contributed by atoms with Gasteiger partial charge in [0.1, 0.15) is 0 Å². The highest BCUT2D eigenvalue weighted by molar-refractivity contribution is 5.90. The van der Waals surface area contributed by atoms with Gasteiger partial charge in [0.05, 0.1) is 12.1 Å². The molecule has 98 valence electrons. The summed E-state index contributed by atoms with van der Waals surface area (Å²) in [6, 6.07) is 18.0. The van der Waals surface area contributed by atoms with Gasteiger partial charge < -0.3 is 5.11 Å². The van der Waals surface area contributed by atoms with E-state index < -0.39 is 0 Å². The molecule has 2 nitrogen and oxygen atoms in total. The summed E-state index contributed by atoms with van der Waals surface area (Å²) in [4.78, 5) is 4.36. The first kappa shape index (κ1) is 12.6. The summed E-state index contributed by atoms with van der Waals surface area (Å²) in [6.45, 7) is 0.0823. The zero-order chi connectivity index (χ0) is 13.8. The topological polar surface area (TPSA) is 33.1 Å². The minimum atomic E-state index is 0.0823. The maximum Gasteiger partial charge on any atom is 0.0707 e. The summed E-state index contributed by atoms with van der Waals surface area (Å²) in [5.74, 6) is 0. The van der Waals surface area contributed by atoms with Crippen LogP contribution in [0.15, 0.2) is 60.8 Å². The molecular weight excluding hydrogens is 246 g/mol. The fourth-order valence-electron chi connectivity index (χ4n) is 2.18. The molecule has 0 bridgehead atoms. The summed E-state index contributed by atoms with van der Waals surface area (Å²) in [5, 5.41) is 10.2. The van der Waals surface area contributed by atoms with Crippen LogP contribution < -0.4 is 0 Å². The molecule has 0 aliphatic rings. The average Bonchev–Trinajstić information content (AvgIpc) is 2.53. The number of benzene rings is 2. The number of nitrogens with zero attached hydrogens (tertiary/aromatic N) is 1. The third-order valence-electron chi connectivity index (χ3n) is 3.30. The van der Waals surface area contributed by atoms with Crippen LogP contribution in [0.25, 0.3) is 23.1 Å². The van der Waals surface area contributed by atoms with E-state index in [2.05, 4.69) is 23.2 Å². The van der Waals surface area contributed by atoms with Crippen molar-refractivity contribution in [2.45, 2.75) is 6.61 Å². The lowest BCUT2D eigenvalue weighted by Crippen LogP contribution is -1.83. The van der Waals surface area contributed by atoms with Crippen LogP contribution in [0.5, 0.6) is 0 Å². The van der Waals surface area contributed by atoms with Crippen molar-refractivity contribution in [2.75, 3.05) is 0 Å². The molecule has 0 radical (unpaired) electrons. The van der Waals surface area contributed by atoms with Gasteiger partial charge in [-0.25, -0.2) is 0 Å². The van der Waals surface area contributed by atoms with Gasteiger partial charge in [0.25, 0.3) is 0 Å². The molecule has 0 spiro atoms. The highest BCUT2D eigenvalue weighted by atomic mass is 16.3. The predicted molar refractivity (Wildman–Crippen MR) is 83.0 cm³/mol. The van der Waals surface area contributed by atoms with E-state index in [4.69, 9.17) is 5.11 Å². The Balaban J connectivity index is 1.93. The Kier molecular flexibility index (Phi) is 3.57. The van der Waals surface area contributed by atoms with E-state index in [1.165, 1.54) is 0 Å². The molecule has 0 saturated carbocycles. The third-order valence-corrected chi connectivity index (χ3v) is 3.30. The maximum absolute atomic E-state index is 9.03. The second kappa shape index (κ2) is 5.68. The fourth-order valence-corrected chi connectivity index (χ4v) is 2.18. The van der Waals surface area contributed by atoms with E-state index in [0.717, 1.165) is 27.6 Å². The smallest absolute Gasteiger partial charge is 0.0707 e. The minimum absolute atomic E-state index is 0.0823. The van der Waals surface area contributed by atoms with Crippen LogP contribution in [-0.2, 0) is 6.61 Å². The Labute approximate surface area is 118 Å². The van der Waals surface area contributed by atoms with Gasteiger partial charge in [-0.1, -0.05) is 54.6 Å². The Hall–Kier alpha value is -2.45. The summed E-state index contributed by atoms with van der Waals surface area (Å²) >= 11 is 0. The van der Waals surface area contributed by atoms with Crippen molar-refractivity contribution < 1.29 is 5.11 Å². The summed E-state index contributed by atoms with van der Waals surface area (Å²) < 4.78 is 0. The number of rotatable bonds is 3. The van der Waals surface area contributed by atoms with Crippen LogP contribution in [0.2, 0.25) is 0 Å². The highest BCUT2D eigenvalue weighted by Gasteiger charge is 1.97. The zero-order valence-electron chi connectivity index (χ0n) is 11.0. The zero-order valence-corrected chi connectivity index (χ0v) is 11.0. The van der Waals surface area contributed by atoms with Gasteiger partial charge in [-0.2, -0.15) is 0 Å². The van der Waals surface area contributed by atoms with E-state index in [1.54, 1.807) is 0 Å². The first-order valence-electron chi connectivity index (χ1n) is 6.58. The molecule has 3 rings (SSSR count). The van der Waals surface area contributed by atoms with Crippen LogP contribution in [0, 0.1) is 0 Å². The number of hydrogen-bond donors (Lipinski definition) is 1. The van der Waals surface area contributed by atoms with Crippen LogP contribution in [0.3, 0.4) is 0 Å². The van der Waals surface area contributed by atoms with Crippen molar-refractivity contribution in [1.29, 1.82) is 0 Å². The van der Waals surface area contributed by atoms with Gasteiger partial charge in [-0.3, -0.25) is 4.98 Å². The number of fused-ring (bicyclic) bond motifs is 1. The maximum atomic E-state index is 9.03. The Bertz CT molecular complexity index is 739. The Morgan fingerprint density at radius 3 is 2.50 bits per heavy atom. The van der Waals surface area contributed by atoms with Gasteiger partial charge in [-0.05, 0) is 28.8 Å². The Morgan fingerprint density at radius 1 is 0.900 bits per heavy atom. The molecule has 1 N–H and O–H groups in total. The lowest BCUT2D eigenvalue weighted by Gasteiger charge is -2.01. The van der Waals surface area contributed by atoms with Gasteiger partial charge in [0, 0.05) is 11.6 Å². The Morgan fingerprint density at radius 2 is 1.70 bits per heavy atom. The average molecular weight is 261 g/mol.